The van der Waals surface area contributed by atoms with Gasteiger partial charge in [-0.3, -0.25) is 0 Å². The highest BCUT2D eigenvalue weighted by Crippen LogP contribution is 2.47. The van der Waals surface area contributed by atoms with Crippen molar-refractivity contribution in [2.24, 2.45) is 5.41 Å². The Bertz CT molecular complexity index is 400. The standard InChI is InChI=1S/C15H25N3O2/c1-14(20-2)4-3-10-18(11-8-14)13(19)17-12-15(5-6-15)7-9-16/h3-8,10-12H2,1-2H3,(H,17,19)/t14-/m1/s1. The largest absolute Gasteiger partial charge is 0.378 e. The SMILES string of the molecule is CO[C@]1(C)CCCN(C(=O)NCC2(CC#N)CC2)CC1. The number of hydrogen-bond acceptors (Lipinski definition) is 3. The fraction of sp³-hybridized carbons (Fsp3) is 0.867. The molecule has 0 spiro atoms. The Labute approximate surface area is 121 Å². The zero-order valence-corrected chi connectivity index (χ0v) is 12.6. The molecular weight excluding hydrogens is 254 g/mol. The van der Waals surface area contributed by atoms with Crippen LogP contribution in [0.4, 0.5) is 4.79 Å². The first-order valence-electron chi connectivity index (χ1n) is 7.47. The van der Waals surface area contributed by atoms with Crippen LogP contribution >= 0.6 is 0 Å². The molecule has 0 aromatic heterocycles. The van der Waals surface area contributed by atoms with Gasteiger partial charge in [0.25, 0.3) is 0 Å². The maximum atomic E-state index is 12.2. The number of hydrogen-bond donors (Lipinski definition) is 1. The van der Waals surface area contributed by atoms with Crippen molar-refractivity contribution in [3.63, 3.8) is 0 Å². The number of rotatable bonds is 4. The average Bonchev–Trinajstić information content (AvgIpc) is 3.22. The lowest BCUT2D eigenvalue weighted by Gasteiger charge is -2.27. The highest BCUT2D eigenvalue weighted by molar-refractivity contribution is 5.74. The molecule has 2 fully saturated rings. The highest BCUT2D eigenvalue weighted by atomic mass is 16.5. The molecule has 0 aromatic carbocycles. The van der Waals surface area contributed by atoms with Crippen LogP contribution in [0, 0.1) is 16.7 Å². The van der Waals surface area contributed by atoms with Gasteiger partial charge in [-0.25, -0.2) is 4.79 Å². The third-order valence-corrected chi connectivity index (χ3v) is 4.85. The molecule has 1 saturated carbocycles. The number of carbonyl (C=O) groups excluding carboxylic acids is 1. The van der Waals surface area contributed by atoms with Crippen LogP contribution in [0.25, 0.3) is 0 Å². The highest BCUT2D eigenvalue weighted by Gasteiger charge is 2.42. The van der Waals surface area contributed by atoms with Crippen LogP contribution in [-0.4, -0.2) is 43.3 Å². The molecule has 112 valence electrons. The van der Waals surface area contributed by atoms with Gasteiger partial charge in [-0.05, 0) is 39.0 Å². The Balaban J connectivity index is 1.80. The summed E-state index contributed by atoms with van der Waals surface area (Å²) in [5.74, 6) is 0. The lowest BCUT2D eigenvalue weighted by Crippen LogP contribution is -2.43. The van der Waals surface area contributed by atoms with Crippen LogP contribution in [0.15, 0.2) is 0 Å². The zero-order valence-electron chi connectivity index (χ0n) is 12.6. The number of nitriles is 1. The second-order valence-electron chi connectivity index (χ2n) is 6.49. The Morgan fingerprint density at radius 2 is 2.10 bits per heavy atom. The molecule has 1 atom stereocenters. The summed E-state index contributed by atoms with van der Waals surface area (Å²) in [6.45, 7) is 4.27. The molecule has 1 heterocycles. The normalized spacial score (nSPS) is 28.4. The Kier molecular flexibility index (Phi) is 4.54. The van der Waals surface area contributed by atoms with Gasteiger partial charge in [0.1, 0.15) is 0 Å². The van der Waals surface area contributed by atoms with E-state index in [9.17, 15) is 4.79 Å². The molecule has 20 heavy (non-hydrogen) atoms. The minimum absolute atomic E-state index is 0.00886. The van der Waals surface area contributed by atoms with Gasteiger partial charge in [-0.2, -0.15) is 5.26 Å². The Morgan fingerprint density at radius 1 is 1.35 bits per heavy atom. The van der Waals surface area contributed by atoms with E-state index in [0.717, 1.165) is 45.2 Å². The average molecular weight is 279 g/mol. The van der Waals surface area contributed by atoms with Crippen molar-refractivity contribution in [3.05, 3.63) is 0 Å². The summed E-state index contributed by atoms with van der Waals surface area (Å²) in [7, 11) is 1.74. The zero-order chi connectivity index (χ0) is 14.6. The van der Waals surface area contributed by atoms with Crippen LogP contribution < -0.4 is 5.32 Å². The van der Waals surface area contributed by atoms with Gasteiger partial charge in [0.15, 0.2) is 0 Å². The molecule has 0 unspecified atom stereocenters. The predicted octanol–water partition coefficient (Wildman–Crippen LogP) is 2.28. The third-order valence-electron chi connectivity index (χ3n) is 4.85. The maximum absolute atomic E-state index is 12.2. The summed E-state index contributed by atoms with van der Waals surface area (Å²) in [4.78, 5) is 14.1. The summed E-state index contributed by atoms with van der Waals surface area (Å²) in [5.41, 5.74) is -0.0368. The lowest BCUT2D eigenvalue weighted by molar-refractivity contribution is -0.00500. The van der Waals surface area contributed by atoms with E-state index in [2.05, 4.69) is 18.3 Å². The molecule has 0 radical (unpaired) electrons. The van der Waals surface area contributed by atoms with Crippen LogP contribution in [0.3, 0.4) is 0 Å². The van der Waals surface area contributed by atoms with Gasteiger partial charge in [-0.1, -0.05) is 0 Å². The number of methoxy groups -OCH3 is 1. The molecular formula is C15H25N3O2. The molecule has 1 N–H and O–H groups in total. The van der Waals surface area contributed by atoms with Gasteiger partial charge in [0.05, 0.1) is 11.7 Å². The second kappa shape index (κ2) is 6.01. The third kappa shape index (κ3) is 3.63. The van der Waals surface area contributed by atoms with Crippen molar-refractivity contribution in [3.8, 4) is 6.07 Å². The van der Waals surface area contributed by atoms with Crippen molar-refractivity contribution in [2.75, 3.05) is 26.7 Å². The Hall–Kier alpha value is -1.28. The van der Waals surface area contributed by atoms with Crippen molar-refractivity contribution in [1.29, 1.82) is 5.26 Å². The van der Waals surface area contributed by atoms with Gasteiger partial charge >= 0.3 is 6.03 Å². The summed E-state index contributed by atoms with van der Waals surface area (Å²) in [5, 5.41) is 11.8. The topological polar surface area (TPSA) is 65.4 Å². The van der Waals surface area contributed by atoms with E-state index in [1.807, 2.05) is 4.90 Å². The van der Waals surface area contributed by atoms with Gasteiger partial charge in [0, 0.05) is 38.6 Å². The molecule has 1 aliphatic carbocycles. The van der Waals surface area contributed by atoms with E-state index in [-0.39, 0.29) is 17.0 Å². The van der Waals surface area contributed by atoms with Crippen LogP contribution in [0.5, 0.6) is 0 Å². The number of amides is 2. The van der Waals surface area contributed by atoms with Crippen molar-refractivity contribution < 1.29 is 9.53 Å². The minimum Gasteiger partial charge on any atom is -0.378 e. The first kappa shape index (κ1) is 15.1. The summed E-state index contributed by atoms with van der Waals surface area (Å²) >= 11 is 0. The molecule has 2 rings (SSSR count). The van der Waals surface area contributed by atoms with Crippen molar-refractivity contribution in [2.45, 2.75) is 51.0 Å². The number of likely N-dealkylation sites (tertiary alicyclic amines) is 1. The molecule has 1 saturated heterocycles. The van der Waals surface area contributed by atoms with Gasteiger partial charge < -0.3 is 15.0 Å². The summed E-state index contributed by atoms with van der Waals surface area (Å²) < 4.78 is 5.55. The van der Waals surface area contributed by atoms with Crippen LogP contribution in [0.1, 0.15) is 45.4 Å². The lowest BCUT2D eigenvalue weighted by atomic mass is 9.97. The molecule has 0 aromatic rings. The van der Waals surface area contributed by atoms with E-state index in [0.29, 0.717) is 13.0 Å². The van der Waals surface area contributed by atoms with Crippen molar-refractivity contribution >= 4 is 6.03 Å². The summed E-state index contributed by atoms with van der Waals surface area (Å²) in [6.07, 6.45) is 5.51. The number of nitrogens with one attached hydrogen (secondary N) is 1. The van der Waals surface area contributed by atoms with E-state index in [1.54, 1.807) is 7.11 Å². The first-order valence-corrected chi connectivity index (χ1v) is 7.47. The molecule has 2 amide bonds. The van der Waals surface area contributed by atoms with Gasteiger partial charge in [0.2, 0.25) is 0 Å². The van der Waals surface area contributed by atoms with E-state index in [4.69, 9.17) is 10.00 Å². The molecule has 5 nitrogen and oxygen atoms in total. The molecule has 1 aliphatic heterocycles. The fourth-order valence-electron chi connectivity index (χ4n) is 2.79. The summed E-state index contributed by atoms with van der Waals surface area (Å²) in [6, 6.07) is 2.23. The molecule has 5 heteroatoms. The number of ether oxygens (including phenoxy) is 1. The number of carbonyl (C=O) groups is 1. The van der Waals surface area contributed by atoms with Gasteiger partial charge in [-0.15, -0.1) is 0 Å². The van der Waals surface area contributed by atoms with Crippen molar-refractivity contribution in [1.82, 2.24) is 10.2 Å². The van der Waals surface area contributed by atoms with Crippen LogP contribution in [0.2, 0.25) is 0 Å². The Morgan fingerprint density at radius 3 is 2.70 bits per heavy atom. The second-order valence-corrected chi connectivity index (χ2v) is 6.49. The maximum Gasteiger partial charge on any atom is 0.317 e. The monoisotopic (exact) mass is 279 g/mol. The van der Waals surface area contributed by atoms with Crippen LogP contribution in [-0.2, 0) is 4.74 Å². The molecule has 2 aliphatic rings. The van der Waals surface area contributed by atoms with E-state index in [1.165, 1.54) is 0 Å². The fourth-order valence-corrected chi connectivity index (χ4v) is 2.79. The molecule has 0 bridgehead atoms. The quantitative estimate of drug-likeness (QED) is 0.858. The smallest absolute Gasteiger partial charge is 0.317 e. The number of urea groups is 1. The minimum atomic E-state index is -0.104. The number of nitrogens with zero attached hydrogens (tertiary/aromatic N) is 2. The van der Waals surface area contributed by atoms with E-state index < -0.39 is 0 Å². The van der Waals surface area contributed by atoms with E-state index >= 15 is 0 Å². The first-order chi connectivity index (χ1) is 9.52. The predicted molar refractivity (Wildman–Crippen MR) is 76.1 cm³/mol.